The van der Waals surface area contributed by atoms with Gasteiger partial charge in [0, 0.05) is 0 Å². The molecule has 1 heteroatoms. The number of hydrogen-bond donors (Lipinski definition) is 0. The van der Waals surface area contributed by atoms with Gasteiger partial charge in [0.1, 0.15) is 0 Å². The average Bonchev–Trinajstić information content (AvgIpc) is 2.91. The molecular formula is C14H20Zr. The molecule has 2 aliphatic rings. The van der Waals surface area contributed by atoms with Gasteiger partial charge in [-0.1, -0.05) is 0 Å². The van der Waals surface area contributed by atoms with Gasteiger partial charge in [0.15, 0.2) is 0 Å². The second-order valence-electron chi connectivity index (χ2n) is 5.61. The summed E-state index contributed by atoms with van der Waals surface area (Å²) in [5.74, 6) is 0. The van der Waals surface area contributed by atoms with E-state index >= 15 is 0 Å². The summed E-state index contributed by atoms with van der Waals surface area (Å²) < 4.78 is 9.10. The molecule has 2 aliphatic carbocycles. The zero-order valence-electron chi connectivity index (χ0n) is 9.85. The Kier molecular flexibility index (Phi) is 2.71. The van der Waals surface area contributed by atoms with Gasteiger partial charge >= 0.3 is 94.1 Å². The van der Waals surface area contributed by atoms with Gasteiger partial charge in [-0.15, -0.1) is 0 Å². The summed E-state index contributed by atoms with van der Waals surface area (Å²) in [4.78, 5) is 0. The third kappa shape index (κ3) is 1.66. The Bertz CT molecular complexity index is 380. The molecule has 2 rings (SSSR count). The fourth-order valence-electron chi connectivity index (χ4n) is 2.69. The van der Waals surface area contributed by atoms with E-state index in [1.54, 1.807) is 0 Å². The van der Waals surface area contributed by atoms with Crippen molar-refractivity contribution in [1.29, 1.82) is 0 Å². The van der Waals surface area contributed by atoms with Crippen LogP contribution in [0.15, 0.2) is 48.6 Å². The zero-order valence-corrected chi connectivity index (χ0v) is 12.3. The second-order valence-corrected chi connectivity index (χ2v) is 23.7. The van der Waals surface area contributed by atoms with E-state index in [1.807, 2.05) is 0 Å². The quantitative estimate of drug-likeness (QED) is 0.702. The van der Waals surface area contributed by atoms with Gasteiger partial charge in [-0.05, 0) is 0 Å². The van der Waals surface area contributed by atoms with Crippen molar-refractivity contribution in [2.75, 3.05) is 0 Å². The summed E-state index contributed by atoms with van der Waals surface area (Å²) in [5, 5.41) is 0. The first kappa shape index (κ1) is 11.2. The molecule has 0 aromatic heterocycles. The van der Waals surface area contributed by atoms with E-state index in [1.165, 1.54) is 0 Å². The van der Waals surface area contributed by atoms with E-state index < -0.39 is 18.3 Å². The van der Waals surface area contributed by atoms with Crippen molar-refractivity contribution in [2.45, 2.75) is 23.4 Å². The normalized spacial score (nSPS) is 21.9. The number of rotatable bonds is 2. The molecule has 0 amide bonds. The van der Waals surface area contributed by atoms with Gasteiger partial charge in [0.2, 0.25) is 0 Å². The van der Waals surface area contributed by atoms with E-state index in [9.17, 15) is 0 Å². The number of hydrogen-bond acceptors (Lipinski definition) is 0. The third-order valence-electron chi connectivity index (χ3n) is 4.51. The zero-order chi connectivity index (χ0) is 11.0. The number of allylic oxidation sites excluding steroid dienone is 8. The minimum absolute atomic E-state index is 0.703. The van der Waals surface area contributed by atoms with Crippen LogP contribution in [-0.4, -0.2) is 3.71 Å². The first-order chi connectivity index (χ1) is 7.07. The molecule has 0 N–H and O–H groups in total. The Labute approximate surface area is 93.7 Å². The van der Waals surface area contributed by atoms with Crippen LogP contribution in [-0.2, 0) is 18.3 Å². The maximum absolute atomic E-state index is 2.78. The van der Waals surface area contributed by atoms with Crippen molar-refractivity contribution in [3.63, 3.8) is 0 Å². The topological polar surface area (TPSA) is 0 Å². The van der Waals surface area contributed by atoms with Crippen LogP contribution in [0.3, 0.4) is 0 Å². The molecular weight excluding hydrogens is 259 g/mol. The first-order valence-corrected chi connectivity index (χ1v) is 15.0. The summed E-state index contributed by atoms with van der Waals surface area (Å²) >= 11 is -2.78. The fraction of sp³-hybridized carbons (Fsp3) is 0.357. The van der Waals surface area contributed by atoms with Gasteiger partial charge in [-0.25, -0.2) is 0 Å². The predicted molar refractivity (Wildman–Crippen MR) is 67.5 cm³/mol. The van der Waals surface area contributed by atoms with Gasteiger partial charge < -0.3 is 0 Å². The molecule has 0 fully saturated rings. The average molecular weight is 280 g/mol. The van der Waals surface area contributed by atoms with E-state index in [0.717, 1.165) is 0 Å². The third-order valence-corrected chi connectivity index (χ3v) is 21.2. The molecule has 0 saturated carbocycles. The molecule has 0 atom stereocenters. The molecule has 0 bridgehead atoms. The molecule has 0 unspecified atom stereocenters. The monoisotopic (exact) mass is 278 g/mol. The van der Waals surface area contributed by atoms with Crippen molar-refractivity contribution in [3.8, 4) is 0 Å². The molecule has 80 valence electrons. The van der Waals surface area contributed by atoms with Gasteiger partial charge in [0.25, 0.3) is 0 Å². The Hall–Kier alpha value is -0.287. The van der Waals surface area contributed by atoms with E-state index in [2.05, 4.69) is 68.5 Å². The first-order valence-electron chi connectivity index (χ1n) is 5.78. The van der Waals surface area contributed by atoms with Crippen molar-refractivity contribution in [2.24, 2.45) is 0 Å². The molecule has 0 radical (unpaired) electrons. The van der Waals surface area contributed by atoms with E-state index in [-0.39, 0.29) is 0 Å². The minimum atomic E-state index is -2.78. The van der Waals surface area contributed by atoms with E-state index in [4.69, 9.17) is 0 Å². The van der Waals surface area contributed by atoms with Gasteiger partial charge in [-0.3, -0.25) is 0 Å². The summed E-state index contributed by atoms with van der Waals surface area (Å²) in [6, 6.07) is 0. The molecule has 0 aliphatic heterocycles. The summed E-state index contributed by atoms with van der Waals surface area (Å²) in [5.41, 5.74) is 0. The second kappa shape index (κ2) is 3.63. The fourth-order valence-corrected chi connectivity index (χ4v) is 12.7. The van der Waals surface area contributed by atoms with Crippen LogP contribution in [0, 0.1) is 0 Å². The molecule has 0 aromatic carbocycles. The molecule has 0 saturated heterocycles. The van der Waals surface area contributed by atoms with Crippen LogP contribution in [0.4, 0.5) is 0 Å². The van der Waals surface area contributed by atoms with Crippen LogP contribution in [0.5, 0.6) is 0 Å². The SMILES string of the molecule is C[CH]=[Zr]([CH3])([CH3])([CH]1C=CC=C1)[CH]1C=CC=C1. The maximum atomic E-state index is 2.57. The summed E-state index contributed by atoms with van der Waals surface area (Å²) in [6.07, 6.45) is 18.4. The Balaban J connectivity index is 2.51. The van der Waals surface area contributed by atoms with E-state index in [0.29, 0.717) is 7.25 Å². The molecule has 0 spiro atoms. The van der Waals surface area contributed by atoms with Crippen LogP contribution in [0.25, 0.3) is 0 Å². The summed E-state index contributed by atoms with van der Waals surface area (Å²) in [7, 11) is 0. The molecule has 0 nitrogen and oxygen atoms in total. The van der Waals surface area contributed by atoms with Gasteiger partial charge in [-0.2, -0.15) is 0 Å². The van der Waals surface area contributed by atoms with Crippen LogP contribution < -0.4 is 0 Å². The van der Waals surface area contributed by atoms with Gasteiger partial charge in [0.05, 0.1) is 0 Å². The van der Waals surface area contributed by atoms with Crippen LogP contribution >= 0.6 is 0 Å². The Morgan fingerprint density at radius 2 is 1.13 bits per heavy atom. The molecule has 0 aromatic rings. The van der Waals surface area contributed by atoms with Crippen LogP contribution in [0.1, 0.15) is 6.92 Å². The Morgan fingerprint density at radius 3 is 1.40 bits per heavy atom. The van der Waals surface area contributed by atoms with Crippen molar-refractivity contribution in [3.05, 3.63) is 48.6 Å². The van der Waals surface area contributed by atoms with Crippen LogP contribution in [0.2, 0.25) is 16.5 Å². The molecule has 15 heavy (non-hydrogen) atoms. The molecule has 0 heterocycles. The standard InChI is InChI=1S/2C5H5.C2H4.2CH3.Zr/c2*1-2-4-5-3-1;1-2;;;/h2*1-5H;1H,2H3;2*1H3;. The predicted octanol–water partition coefficient (Wildman–Crippen LogP) is 4.42. The summed E-state index contributed by atoms with van der Waals surface area (Å²) in [6.45, 7) is 2.27. The Morgan fingerprint density at radius 1 is 0.800 bits per heavy atom. The van der Waals surface area contributed by atoms with Crippen molar-refractivity contribution >= 4 is 3.71 Å². The van der Waals surface area contributed by atoms with Crippen molar-refractivity contribution < 1.29 is 18.3 Å². The van der Waals surface area contributed by atoms with Crippen molar-refractivity contribution in [1.82, 2.24) is 0 Å².